The van der Waals surface area contributed by atoms with Crippen LogP contribution >= 0.6 is 15.9 Å². The smallest absolute Gasteiger partial charge is 0.230 e. The van der Waals surface area contributed by atoms with E-state index >= 15 is 0 Å². The highest BCUT2D eigenvalue weighted by atomic mass is 79.9. The SMILES string of the molecule is Cc1nn(C)c(C)c1CNC(=O)CBr. The quantitative estimate of drug-likeness (QED) is 0.826. The van der Waals surface area contributed by atoms with Gasteiger partial charge in [-0.05, 0) is 13.8 Å². The van der Waals surface area contributed by atoms with Crippen molar-refractivity contribution in [3.63, 3.8) is 0 Å². The Hall–Kier alpha value is -0.840. The zero-order valence-corrected chi connectivity index (χ0v) is 10.2. The number of hydrogen-bond acceptors (Lipinski definition) is 2. The number of nitrogens with one attached hydrogen (secondary N) is 1. The Morgan fingerprint density at radius 3 is 2.64 bits per heavy atom. The summed E-state index contributed by atoms with van der Waals surface area (Å²) in [7, 11) is 1.90. The standard InChI is InChI=1S/C9H14BrN3O/c1-6-8(5-11-9(14)4-10)7(2)13(3)12-6/h4-5H2,1-3H3,(H,11,14). The first-order valence-corrected chi connectivity index (χ1v) is 5.50. The average molecular weight is 260 g/mol. The van der Waals surface area contributed by atoms with Crippen LogP contribution in [0.1, 0.15) is 17.0 Å². The third-order valence-electron chi connectivity index (χ3n) is 2.24. The van der Waals surface area contributed by atoms with E-state index in [1.54, 1.807) is 0 Å². The molecule has 0 atom stereocenters. The van der Waals surface area contributed by atoms with Crippen molar-refractivity contribution in [1.82, 2.24) is 15.1 Å². The van der Waals surface area contributed by atoms with Crippen molar-refractivity contribution in [2.75, 3.05) is 5.33 Å². The van der Waals surface area contributed by atoms with Crippen molar-refractivity contribution in [2.45, 2.75) is 20.4 Å². The van der Waals surface area contributed by atoms with E-state index in [0.717, 1.165) is 17.0 Å². The number of amides is 1. The first-order chi connectivity index (χ1) is 6.56. The predicted molar refractivity (Wildman–Crippen MR) is 58.3 cm³/mol. The van der Waals surface area contributed by atoms with E-state index in [9.17, 15) is 4.79 Å². The molecule has 14 heavy (non-hydrogen) atoms. The summed E-state index contributed by atoms with van der Waals surface area (Å²) in [4.78, 5) is 11.0. The maximum Gasteiger partial charge on any atom is 0.230 e. The van der Waals surface area contributed by atoms with Gasteiger partial charge in [-0.3, -0.25) is 9.48 Å². The Morgan fingerprint density at radius 2 is 2.21 bits per heavy atom. The van der Waals surface area contributed by atoms with Gasteiger partial charge in [-0.1, -0.05) is 15.9 Å². The Kier molecular flexibility index (Phi) is 3.69. The Labute approximate surface area is 91.8 Å². The molecule has 1 amide bonds. The summed E-state index contributed by atoms with van der Waals surface area (Å²) in [5, 5.41) is 7.41. The lowest BCUT2D eigenvalue weighted by atomic mass is 10.2. The van der Waals surface area contributed by atoms with Crippen LogP contribution < -0.4 is 5.32 Å². The molecule has 1 aromatic heterocycles. The van der Waals surface area contributed by atoms with Crippen LogP contribution in [0.3, 0.4) is 0 Å². The molecule has 0 unspecified atom stereocenters. The largest absolute Gasteiger partial charge is 0.351 e. The first kappa shape index (κ1) is 11.2. The van der Waals surface area contributed by atoms with Crippen molar-refractivity contribution in [3.8, 4) is 0 Å². The second-order valence-corrected chi connectivity index (χ2v) is 3.74. The number of carbonyl (C=O) groups is 1. The fourth-order valence-corrected chi connectivity index (χ4v) is 1.51. The van der Waals surface area contributed by atoms with E-state index in [-0.39, 0.29) is 5.91 Å². The van der Waals surface area contributed by atoms with Gasteiger partial charge in [0.25, 0.3) is 0 Å². The van der Waals surface area contributed by atoms with Crippen LogP contribution in [0.25, 0.3) is 0 Å². The zero-order chi connectivity index (χ0) is 10.7. The molecule has 1 N–H and O–H groups in total. The van der Waals surface area contributed by atoms with Crippen LogP contribution in [0.5, 0.6) is 0 Å². The van der Waals surface area contributed by atoms with Crippen molar-refractivity contribution in [1.29, 1.82) is 0 Å². The molecule has 0 aliphatic rings. The lowest BCUT2D eigenvalue weighted by Gasteiger charge is -2.03. The summed E-state index contributed by atoms with van der Waals surface area (Å²) < 4.78 is 1.82. The number of nitrogens with zero attached hydrogens (tertiary/aromatic N) is 2. The minimum atomic E-state index is -0.00680. The van der Waals surface area contributed by atoms with Crippen LogP contribution in [0.2, 0.25) is 0 Å². The van der Waals surface area contributed by atoms with E-state index in [1.807, 2.05) is 25.6 Å². The Bertz CT molecular complexity index is 346. The molecule has 4 nitrogen and oxygen atoms in total. The van der Waals surface area contributed by atoms with Gasteiger partial charge in [0.2, 0.25) is 5.91 Å². The molecule has 1 rings (SSSR count). The molecule has 0 radical (unpaired) electrons. The van der Waals surface area contributed by atoms with Gasteiger partial charge in [0, 0.05) is 24.8 Å². The van der Waals surface area contributed by atoms with Crippen LogP contribution in [0, 0.1) is 13.8 Å². The second kappa shape index (κ2) is 4.59. The molecule has 0 saturated carbocycles. The molecule has 0 saturated heterocycles. The molecule has 5 heteroatoms. The lowest BCUT2D eigenvalue weighted by molar-refractivity contribution is -0.118. The molecule has 0 aliphatic carbocycles. The number of aromatic nitrogens is 2. The zero-order valence-electron chi connectivity index (χ0n) is 8.59. The molecular formula is C9H14BrN3O. The fraction of sp³-hybridized carbons (Fsp3) is 0.556. The van der Waals surface area contributed by atoms with Gasteiger partial charge in [-0.25, -0.2) is 0 Å². The molecule has 0 aromatic carbocycles. The fourth-order valence-electron chi connectivity index (χ4n) is 1.31. The average Bonchev–Trinajstić information content (AvgIpc) is 2.39. The molecular weight excluding hydrogens is 246 g/mol. The van der Waals surface area contributed by atoms with E-state index in [1.165, 1.54) is 0 Å². The summed E-state index contributed by atoms with van der Waals surface area (Å²) in [6.45, 7) is 4.49. The van der Waals surface area contributed by atoms with Gasteiger partial charge in [0.05, 0.1) is 11.0 Å². The lowest BCUT2D eigenvalue weighted by Crippen LogP contribution is -2.24. The normalized spacial score (nSPS) is 10.3. The first-order valence-electron chi connectivity index (χ1n) is 4.38. The van der Waals surface area contributed by atoms with Crippen LogP contribution in [-0.2, 0) is 18.4 Å². The van der Waals surface area contributed by atoms with Gasteiger partial charge < -0.3 is 5.32 Å². The molecule has 1 aromatic rings. The van der Waals surface area contributed by atoms with Crippen molar-refractivity contribution in [2.24, 2.45) is 7.05 Å². The van der Waals surface area contributed by atoms with Crippen molar-refractivity contribution in [3.05, 3.63) is 17.0 Å². The number of aryl methyl sites for hydroxylation is 2. The highest BCUT2D eigenvalue weighted by Gasteiger charge is 2.09. The topological polar surface area (TPSA) is 46.9 Å². The number of rotatable bonds is 3. The van der Waals surface area contributed by atoms with Crippen molar-refractivity contribution >= 4 is 21.8 Å². The highest BCUT2D eigenvalue weighted by molar-refractivity contribution is 9.09. The van der Waals surface area contributed by atoms with E-state index in [2.05, 4.69) is 26.3 Å². The van der Waals surface area contributed by atoms with Crippen LogP contribution in [0.4, 0.5) is 0 Å². The third kappa shape index (κ3) is 2.35. The summed E-state index contributed by atoms with van der Waals surface area (Å²) >= 11 is 3.10. The van der Waals surface area contributed by atoms with Gasteiger partial charge in [0.1, 0.15) is 0 Å². The van der Waals surface area contributed by atoms with Gasteiger partial charge in [-0.2, -0.15) is 5.10 Å². The Balaban J connectivity index is 2.71. The van der Waals surface area contributed by atoms with E-state index in [4.69, 9.17) is 0 Å². The van der Waals surface area contributed by atoms with Crippen LogP contribution in [0.15, 0.2) is 0 Å². The van der Waals surface area contributed by atoms with Gasteiger partial charge in [-0.15, -0.1) is 0 Å². The molecule has 0 bridgehead atoms. The second-order valence-electron chi connectivity index (χ2n) is 3.18. The van der Waals surface area contributed by atoms with Gasteiger partial charge in [0.15, 0.2) is 0 Å². The van der Waals surface area contributed by atoms with E-state index in [0.29, 0.717) is 11.9 Å². The van der Waals surface area contributed by atoms with E-state index < -0.39 is 0 Å². The summed E-state index contributed by atoms with van der Waals surface area (Å²) in [5.41, 5.74) is 3.17. The Morgan fingerprint density at radius 1 is 1.57 bits per heavy atom. The molecule has 1 heterocycles. The highest BCUT2D eigenvalue weighted by Crippen LogP contribution is 2.10. The monoisotopic (exact) mass is 259 g/mol. The minimum absolute atomic E-state index is 0.00680. The van der Waals surface area contributed by atoms with Gasteiger partial charge >= 0.3 is 0 Å². The number of hydrogen-bond donors (Lipinski definition) is 1. The number of carbonyl (C=O) groups excluding carboxylic acids is 1. The minimum Gasteiger partial charge on any atom is -0.351 e. The molecule has 0 spiro atoms. The maximum atomic E-state index is 11.0. The third-order valence-corrected chi connectivity index (χ3v) is 2.75. The summed E-state index contributed by atoms with van der Waals surface area (Å²) in [6, 6.07) is 0. The summed E-state index contributed by atoms with van der Waals surface area (Å²) in [6.07, 6.45) is 0. The summed E-state index contributed by atoms with van der Waals surface area (Å²) in [5.74, 6) is -0.00680. The van der Waals surface area contributed by atoms with Crippen LogP contribution in [-0.4, -0.2) is 21.0 Å². The molecule has 0 fully saturated rings. The molecule has 78 valence electrons. The maximum absolute atomic E-state index is 11.0. The number of alkyl halides is 1. The molecule has 0 aliphatic heterocycles. The van der Waals surface area contributed by atoms with Crippen molar-refractivity contribution < 1.29 is 4.79 Å². The number of halogens is 1. The predicted octanol–water partition coefficient (Wildman–Crippen LogP) is 1.05.